The first-order chi connectivity index (χ1) is 11.3. The van der Waals surface area contributed by atoms with E-state index in [-0.39, 0.29) is 18.6 Å². The van der Waals surface area contributed by atoms with Gasteiger partial charge in [-0.25, -0.2) is 0 Å². The third-order valence-electron chi connectivity index (χ3n) is 4.03. The molecule has 1 atom stereocenters. The lowest BCUT2D eigenvalue weighted by molar-refractivity contribution is -0.155. The molecule has 0 unspecified atom stereocenters. The van der Waals surface area contributed by atoms with Gasteiger partial charge in [0.2, 0.25) is 0 Å². The fraction of sp³-hybridized carbons (Fsp3) is 0.611. The summed E-state index contributed by atoms with van der Waals surface area (Å²) in [6.45, 7) is 8.79. The van der Waals surface area contributed by atoms with E-state index < -0.39 is 5.60 Å². The summed E-state index contributed by atoms with van der Waals surface area (Å²) in [6, 6.07) is 8.24. The molecule has 134 valence electrons. The molecule has 0 radical (unpaired) electrons. The monoisotopic (exact) mass is 398 g/mol. The molecule has 0 spiro atoms. The van der Waals surface area contributed by atoms with Gasteiger partial charge in [0.05, 0.1) is 19.1 Å². The van der Waals surface area contributed by atoms with Crippen molar-refractivity contribution in [3.8, 4) is 0 Å². The van der Waals surface area contributed by atoms with Crippen molar-refractivity contribution in [2.24, 2.45) is 0 Å². The molecule has 5 nitrogen and oxygen atoms in total. The van der Waals surface area contributed by atoms with Crippen molar-refractivity contribution in [1.29, 1.82) is 0 Å². The van der Waals surface area contributed by atoms with E-state index in [1.54, 1.807) is 0 Å². The molecule has 1 aliphatic heterocycles. The van der Waals surface area contributed by atoms with E-state index in [4.69, 9.17) is 4.74 Å². The van der Waals surface area contributed by atoms with Crippen LogP contribution in [-0.2, 0) is 9.53 Å². The van der Waals surface area contributed by atoms with Crippen LogP contribution in [0.15, 0.2) is 28.7 Å². The van der Waals surface area contributed by atoms with Gasteiger partial charge in [-0.1, -0.05) is 15.9 Å². The molecule has 0 aliphatic carbocycles. The summed E-state index contributed by atoms with van der Waals surface area (Å²) in [7, 11) is 0. The molecule has 1 aromatic rings. The van der Waals surface area contributed by atoms with E-state index in [2.05, 4.69) is 37.9 Å². The molecule has 0 aromatic heterocycles. The van der Waals surface area contributed by atoms with Crippen LogP contribution in [0.25, 0.3) is 0 Å². The van der Waals surface area contributed by atoms with Crippen LogP contribution in [0.3, 0.4) is 0 Å². The largest absolute Gasteiger partial charge is 0.460 e. The topological polar surface area (TPSA) is 53.0 Å². The number of rotatable bonds is 5. The number of aliphatic hydroxyl groups excluding tert-OH is 1. The van der Waals surface area contributed by atoms with Crippen LogP contribution in [-0.4, -0.2) is 60.4 Å². The highest BCUT2D eigenvalue weighted by molar-refractivity contribution is 9.10. The van der Waals surface area contributed by atoms with Crippen LogP contribution in [0, 0.1) is 0 Å². The molecule has 0 amide bonds. The highest BCUT2D eigenvalue weighted by Crippen LogP contribution is 2.22. The second-order valence-electron chi connectivity index (χ2n) is 7.13. The average molecular weight is 399 g/mol. The first-order valence-corrected chi connectivity index (χ1v) is 9.15. The Labute approximate surface area is 152 Å². The third kappa shape index (κ3) is 5.76. The number of hydrogen-bond donors (Lipinski definition) is 1. The van der Waals surface area contributed by atoms with Crippen LogP contribution in [0.2, 0.25) is 0 Å². The van der Waals surface area contributed by atoms with E-state index in [1.807, 2.05) is 32.9 Å². The Morgan fingerprint density at radius 3 is 2.54 bits per heavy atom. The van der Waals surface area contributed by atoms with E-state index in [9.17, 15) is 9.90 Å². The van der Waals surface area contributed by atoms with Gasteiger partial charge in [-0.3, -0.25) is 9.69 Å². The molecular formula is C18H27BrN2O3. The SMILES string of the molecule is CC(C)(C)OC(=O)CCN1CCN(c2ccc(Br)cc2)C[C@@H]1CO. The number of halogens is 1. The maximum atomic E-state index is 11.9. The minimum atomic E-state index is -0.451. The van der Waals surface area contributed by atoms with Gasteiger partial charge in [-0.2, -0.15) is 0 Å². The van der Waals surface area contributed by atoms with Gasteiger partial charge >= 0.3 is 5.97 Å². The minimum Gasteiger partial charge on any atom is -0.460 e. The van der Waals surface area contributed by atoms with Gasteiger partial charge < -0.3 is 14.7 Å². The zero-order chi connectivity index (χ0) is 17.7. The summed E-state index contributed by atoms with van der Waals surface area (Å²) in [5.41, 5.74) is 0.705. The zero-order valence-electron chi connectivity index (χ0n) is 14.7. The number of aliphatic hydroxyl groups is 1. The van der Waals surface area contributed by atoms with Gasteiger partial charge in [0.1, 0.15) is 5.60 Å². The number of nitrogens with zero attached hydrogens (tertiary/aromatic N) is 2. The van der Waals surface area contributed by atoms with E-state index >= 15 is 0 Å². The lowest BCUT2D eigenvalue weighted by Gasteiger charge is -2.41. The van der Waals surface area contributed by atoms with Gasteiger partial charge in [-0.15, -0.1) is 0 Å². The normalized spacial score (nSPS) is 19.4. The Hall–Kier alpha value is -1.11. The summed E-state index contributed by atoms with van der Waals surface area (Å²) >= 11 is 3.45. The van der Waals surface area contributed by atoms with Crippen molar-refractivity contribution in [3.05, 3.63) is 28.7 Å². The predicted octanol–water partition coefficient (Wildman–Crippen LogP) is 2.66. The number of piperazine rings is 1. The van der Waals surface area contributed by atoms with E-state index in [0.29, 0.717) is 13.0 Å². The number of benzene rings is 1. The fourth-order valence-corrected chi connectivity index (χ4v) is 3.14. The third-order valence-corrected chi connectivity index (χ3v) is 4.56. The number of ether oxygens (including phenoxy) is 1. The molecule has 1 aromatic carbocycles. The maximum absolute atomic E-state index is 11.9. The minimum absolute atomic E-state index is 0.0323. The van der Waals surface area contributed by atoms with Crippen LogP contribution in [0.5, 0.6) is 0 Å². The number of carbonyl (C=O) groups excluding carboxylic acids is 1. The summed E-state index contributed by atoms with van der Waals surface area (Å²) < 4.78 is 6.41. The number of hydrogen-bond acceptors (Lipinski definition) is 5. The lowest BCUT2D eigenvalue weighted by atomic mass is 10.1. The molecule has 1 aliphatic rings. The molecule has 6 heteroatoms. The Kier molecular flexibility index (Phi) is 6.66. The molecule has 24 heavy (non-hydrogen) atoms. The van der Waals surface area contributed by atoms with Gasteiger partial charge in [0.15, 0.2) is 0 Å². The van der Waals surface area contributed by atoms with Crippen LogP contribution in [0.1, 0.15) is 27.2 Å². The predicted molar refractivity (Wildman–Crippen MR) is 99.3 cm³/mol. The second-order valence-corrected chi connectivity index (χ2v) is 8.05. The summed E-state index contributed by atoms with van der Waals surface area (Å²) in [6.07, 6.45) is 0.353. The van der Waals surface area contributed by atoms with Gasteiger partial charge in [0.25, 0.3) is 0 Å². The standard InChI is InChI=1S/C18H27BrN2O3/c1-18(2,3)24-17(23)8-9-20-10-11-21(12-16(20)13-22)15-6-4-14(19)5-7-15/h4-7,16,22H,8-13H2,1-3H3/t16-/m1/s1. The number of esters is 1. The van der Waals surface area contributed by atoms with Gasteiger partial charge in [0, 0.05) is 36.3 Å². The molecule has 1 heterocycles. The second kappa shape index (κ2) is 8.32. The highest BCUT2D eigenvalue weighted by Gasteiger charge is 2.27. The lowest BCUT2D eigenvalue weighted by Crippen LogP contribution is -2.55. The van der Waals surface area contributed by atoms with Crippen LogP contribution < -0.4 is 4.90 Å². The molecule has 2 rings (SSSR count). The van der Waals surface area contributed by atoms with Crippen LogP contribution in [0.4, 0.5) is 5.69 Å². The number of carbonyl (C=O) groups is 1. The Bertz CT molecular complexity index is 542. The molecular weight excluding hydrogens is 372 g/mol. The van der Waals surface area contributed by atoms with E-state index in [1.165, 1.54) is 0 Å². The summed E-state index contributed by atoms with van der Waals surface area (Å²) in [5, 5.41) is 9.73. The van der Waals surface area contributed by atoms with Crippen molar-refractivity contribution in [3.63, 3.8) is 0 Å². The van der Waals surface area contributed by atoms with Crippen LogP contribution >= 0.6 is 15.9 Å². The Morgan fingerprint density at radius 1 is 1.29 bits per heavy atom. The fourth-order valence-electron chi connectivity index (χ4n) is 2.87. The van der Waals surface area contributed by atoms with E-state index in [0.717, 1.165) is 29.8 Å². The maximum Gasteiger partial charge on any atom is 0.307 e. The molecule has 0 saturated carbocycles. The molecule has 1 N–H and O–H groups in total. The first kappa shape index (κ1) is 19.2. The smallest absolute Gasteiger partial charge is 0.307 e. The average Bonchev–Trinajstić information content (AvgIpc) is 2.52. The molecule has 1 saturated heterocycles. The molecule has 0 bridgehead atoms. The van der Waals surface area contributed by atoms with Crippen molar-refractivity contribution < 1.29 is 14.6 Å². The summed E-state index contributed by atoms with van der Waals surface area (Å²) in [5.74, 6) is -0.186. The van der Waals surface area contributed by atoms with Crippen molar-refractivity contribution in [1.82, 2.24) is 4.90 Å². The highest BCUT2D eigenvalue weighted by atomic mass is 79.9. The summed E-state index contributed by atoms with van der Waals surface area (Å²) in [4.78, 5) is 16.3. The quantitative estimate of drug-likeness (QED) is 0.772. The molecule has 1 fully saturated rings. The number of anilines is 1. The first-order valence-electron chi connectivity index (χ1n) is 8.36. The Balaban J connectivity index is 1.88. The Morgan fingerprint density at radius 2 is 1.96 bits per heavy atom. The van der Waals surface area contributed by atoms with Crippen molar-refractivity contribution >= 4 is 27.6 Å². The zero-order valence-corrected chi connectivity index (χ0v) is 16.3. The van der Waals surface area contributed by atoms with Gasteiger partial charge in [-0.05, 0) is 45.0 Å². The van der Waals surface area contributed by atoms with Crippen molar-refractivity contribution in [2.45, 2.75) is 38.8 Å². The van der Waals surface area contributed by atoms with Crippen molar-refractivity contribution in [2.75, 3.05) is 37.7 Å².